The molecule has 1 aliphatic rings. The minimum Gasteiger partial charge on any atom is -0.462 e. The molecule has 7 heteroatoms. The van der Waals surface area contributed by atoms with Crippen molar-refractivity contribution in [2.24, 2.45) is 5.92 Å². The fourth-order valence-electron chi connectivity index (χ4n) is 4.43. The first kappa shape index (κ1) is 21.3. The highest BCUT2D eigenvalue weighted by molar-refractivity contribution is 5.99. The first-order valence-electron chi connectivity index (χ1n) is 10.3. The number of alkyl halides is 1. The van der Waals surface area contributed by atoms with Crippen molar-refractivity contribution in [3.63, 3.8) is 0 Å². The van der Waals surface area contributed by atoms with E-state index in [-0.39, 0.29) is 11.9 Å². The average Bonchev–Trinajstić information content (AvgIpc) is 2.98. The number of likely N-dealkylation sites (tertiary alicyclic amines) is 1. The van der Waals surface area contributed by atoms with Gasteiger partial charge in [0.2, 0.25) is 0 Å². The first-order chi connectivity index (χ1) is 13.7. The van der Waals surface area contributed by atoms with Gasteiger partial charge in [0, 0.05) is 30.9 Å². The Hall–Kier alpha value is -2.44. The first-order valence-corrected chi connectivity index (χ1v) is 10.3. The predicted molar refractivity (Wildman–Crippen MR) is 109 cm³/mol. The number of carbonyl (C=O) groups is 2. The van der Waals surface area contributed by atoms with E-state index >= 15 is 0 Å². The van der Waals surface area contributed by atoms with E-state index in [9.17, 15) is 14.0 Å². The standard InChI is InChI=1S/C22H30FN3O3/c1-6-29-20(27)18-15(3)19(26-17(18)8-7-11-24-26)14(2)16-9-12-25(13-10-16)21(28)22(4,5)23/h7-8,11,14,16H,6,9-10,12-13H2,1-5H3. The van der Waals surface area contributed by atoms with E-state index in [4.69, 9.17) is 4.74 Å². The molecule has 1 atom stereocenters. The monoisotopic (exact) mass is 403 g/mol. The van der Waals surface area contributed by atoms with Crippen LogP contribution in [0.5, 0.6) is 0 Å². The third kappa shape index (κ3) is 4.00. The smallest absolute Gasteiger partial charge is 0.340 e. The Balaban J connectivity index is 1.87. The molecule has 3 heterocycles. The third-order valence-corrected chi connectivity index (χ3v) is 5.95. The molecule has 1 saturated heterocycles. The summed E-state index contributed by atoms with van der Waals surface area (Å²) in [6, 6.07) is 3.70. The van der Waals surface area contributed by atoms with Crippen LogP contribution < -0.4 is 0 Å². The summed E-state index contributed by atoms with van der Waals surface area (Å²) < 4.78 is 21.1. The zero-order chi connectivity index (χ0) is 21.3. The van der Waals surface area contributed by atoms with Crippen molar-refractivity contribution in [1.82, 2.24) is 14.5 Å². The highest BCUT2D eigenvalue weighted by Crippen LogP contribution is 2.37. The number of hydrogen-bond acceptors (Lipinski definition) is 4. The van der Waals surface area contributed by atoms with Crippen molar-refractivity contribution in [3.05, 3.63) is 35.2 Å². The van der Waals surface area contributed by atoms with Crippen LogP contribution in [0.3, 0.4) is 0 Å². The molecule has 158 valence electrons. The minimum absolute atomic E-state index is 0.135. The molecule has 1 unspecified atom stereocenters. The van der Waals surface area contributed by atoms with E-state index in [1.165, 1.54) is 13.8 Å². The molecule has 1 aliphatic heterocycles. The predicted octanol–water partition coefficient (Wildman–Crippen LogP) is 3.91. The van der Waals surface area contributed by atoms with Crippen LogP contribution in [0.1, 0.15) is 68.1 Å². The molecule has 0 saturated carbocycles. The van der Waals surface area contributed by atoms with Crippen molar-refractivity contribution < 1.29 is 18.7 Å². The maximum atomic E-state index is 14.0. The molecule has 2 aromatic rings. The van der Waals surface area contributed by atoms with Gasteiger partial charge in [-0.15, -0.1) is 0 Å². The summed E-state index contributed by atoms with van der Waals surface area (Å²) >= 11 is 0. The third-order valence-electron chi connectivity index (χ3n) is 5.95. The van der Waals surface area contributed by atoms with Crippen LogP contribution in [-0.4, -0.2) is 51.8 Å². The summed E-state index contributed by atoms with van der Waals surface area (Å²) in [4.78, 5) is 26.4. The van der Waals surface area contributed by atoms with Gasteiger partial charge in [0.15, 0.2) is 5.67 Å². The van der Waals surface area contributed by atoms with Gasteiger partial charge in [0.1, 0.15) is 0 Å². The number of aromatic nitrogens is 2. The van der Waals surface area contributed by atoms with E-state index in [2.05, 4.69) is 12.0 Å². The molecular weight excluding hydrogens is 373 g/mol. The maximum absolute atomic E-state index is 14.0. The lowest BCUT2D eigenvalue weighted by molar-refractivity contribution is -0.143. The maximum Gasteiger partial charge on any atom is 0.340 e. The van der Waals surface area contributed by atoms with Crippen molar-refractivity contribution in [1.29, 1.82) is 0 Å². The summed E-state index contributed by atoms with van der Waals surface area (Å²) in [5.41, 5.74) is 1.36. The lowest BCUT2D eigenvalue weighted by atomic mass is 9.82. The van der Waals surface area contributed by atoms with Gasteiger partial charge < -0.3 is 9.64 Å². The van der Waals surface area contributed by atoms with Gasteiger partial charge in [-0.05, 0) is 64.2 Å². The Kier molecular flexibility index (Phi) is 5.96. The lowest BCUT2D eigenvalue weighted by Crippen LogP contribution is -2.47. The van der Waals surface area contributed by atoms with E-state index < -0.39 is 11.6 Å². The molecule has 3 rings (SSSR count). The fraction of sp³-hybridized carbons (Fsp3) is 0.591. The normalized spacial score (nSPS) is 16.8. The van der Waals surface area contributed by atoms with Gasteiger partial charge in [-0.1, -0.05) is 6.92 Å². The van der Waals surface area contributed by atoms with Crippen LogP contribution in [-0.2, 0) is 9.53 Å². The van der Waals surface area contributed by atoms with Crippen LogP contribution in [0, 0.1) is 12.8 Å². The van der Waals surface area contributed by atoms with Crippen LogP contribution in [0.4, 0.5) is 4.39 Å². The fourth-order valence-corrected chi connectivity index (χ4v) is 4.43. The van der Waals surface area contributed by atoms with Gasteiger partial charge in [-0.3, -0.25) is 4.79 Å². The number of amides is 1. The molecule has 0 aliphatic carbocycles. The van der Waals surface area contributed by atoms with E-state index in [0.29, 0.717) is 31.2 Å². The van der Waals surface area contributed by atoms with Crippen molar-refractivity contribution in [2.75, 3.05) is 19.7 Å². The second kappa shape index (κ2) is 8.13. The molecule has 0 spiro atoms. The average molecular weight is 403 g/mol. The molecule has 0 bridgehead atoms. The molecule has 2 aromatic heterocycles. The Labute approximate surface area is 171 Å². The number of rotatable bonds is 5. The molecule has 1 amide bonds. The second-order valence-electron chi connectivity index (χ2n) is 8.32. The molecular formula is C22H30FN3O3. The SMILES string of the molecule is CCOC(=O)c1c(C)c(C(C)C2CCN(C(=O)C(C)(C)F)CC2)n2ncccc12. The number of ether oxygens (including phenoxy) is 1. The highest BCUT2D eigenvalue weighted by atomic mass is 19.1. The molecule has 1 fully saturated rings. The van der Waals surface area contributed by atoms with E-state index in [0.717, 1.165) is 29.6 Å². The molecule has 29 heavy (non-hydrogen) atoms. The van der Waals surface area contributed by atoms with Crippen molar-refractivity contribution in [3.8, 4) is 0 Å². The number of piperidine rings is 1. The van der Waals surface area contributed by atoms with Crippen LogP contribution in [0.25, 0.3) is 5.52 Å². The van der Waals surface area contributed by atoms with Crippen LogP contribution >= 0.6 is 0 Å². The number of carbonyl (C=O) groups excluding carboxylic acids is 2. The molecule has 6 nitrogen and oxygen atoms in total. The zero-order valence-corrected chi connectivity index (χ0v) is 17.9. The lowest BCUT2D eigenvalue weighted by Gasteiger charge is -2.36. The Morgan fingerprint density at radius 3 is 2.59 bits per heavy atom. The summed E-state index contributed by atoms with van der Waals surface area (Å²) in [7, 11) is 0. The number of nitrogens with zero attached hydrogens (tertiary/aromatic N) is 3. The van der Waals surface area contributed by atoms with Crippen LogP contribution in [0.15, 0.2) is 18.3 Å². The van der Waals surface area contributed by atoms with Gasteiger partial charge >= 0.3 is 5.97 Å². The summed E-state index contributed by atoms with van der Waals surface area (Å²) in [5.74, 6) is -0.328. The Morgan fingerprint density at radius 1 is 1.34 bits per heavy atom. The van der Waals surface area contributed by atoms with Crippen molar-refractivity contribution in [2.45, 2.75) is 59.0 Å². The number of fused-ring (bicyclic) bond motifs is 1. The van der Waals surface area contributed by atoms with Crippen molar-refractivity contribution >= 4 is 17.4 Å². The van der Waals surface area contributed by atoms with Gasteiger partial charge in [0.05, 0.1) is 17.7 Å². The topological polar surface area (TPSA) is 63.9 Å². The molecule has 0 N–H and O–H groups in total. The zero-order valence-electron chi connectivity index (χ0n) is 17.9. The minimum atomic E-state index is -1.84. The highest BCUT2D eigenvalue weighted by Gasteiger charge is 2.36. The van der Waals surface area contributed by atoms with E-state index in [1.807, 2.05) is 23.6 Å². The Morgan fingerprint density at radius 2 is 2.00 bits per heavy atom. The van der Waals surface area contributed by atoms with Gasteiger partial charge in [0.25, 0.3) is 5.91 Å². The summed E-state index contributed by atoms with van der Waals surface area (Å²) in [5, 5.41) is 4.49. The molecule has 0 aromatic carbocycles. The van der Waals surface area contributed by atoms with Gasteiger partial charge in [-0.2, -0.15) is 5.10 Å². The quantitative estimate of drug-likeness (QED) is 0.710. The van der Waals surface area contributed by atoms with Crippen LogP contribution in [0.2, 0.25) is 0 Å². The van der Waals surface area contributed by atoms with E-state index in [1.54, 1.807) is 18.0 Å². The largest absolute Gasteiger partial charge is 0.462 e. The number of halogens is 1. The molecule has 0 radical (unpaired) electrons. The summed E-state index contributed by atoms with van der Waals surface area (Å²) in [6.45, 7) is 9.89. The number of hydrogen-bond donors (Lipinski definition) is 0. The number of esters is 1. The second-order valence-corrected chi connectivity index (χ2v) is 8.32. The summed E-state index contributed by atoms with van der Waals surface area (Å²) in [6.07, 6.45) is 3.29. The van der Waals surface area contributed by atoms with Gasteiger partial charge in [-0.25, -0.2) is 13.7 Å². The Bertz CT molecular complexity index is 908.